The molecule has 3 heterocycles. The van der Waals surface area contributed by atoms with E-state index < -0.39 is 0 Å². The van der Waals surface area contributed by atoms with E-state index in [-0.39, 0.29) is 17.1 Å². The second kappa shape index (κ2) is 9.85. The Balaban J connectivity index is 1.52. The van der Waals surface area contributed by atoms with Crippen molar-refractivity contribution in [3.63, 3.8) is 0 Å². The number of H-pyrrole nitrogens is 1. The molecule has 188 valence electrons. The molecule has 5 rings (SSSR count). The minimum atomic E-state index is -0.351. The molecule has 2 aromatic heterocycles. The smallest absolute Gasteiger partial charge is 0.253 e. The molecule has 1 aliphatic rings. The van der Waals surface area contributed by atoms with E-state index in [1.807, 2.05) is 28.9 Å². The molecule has 36 heavy (non-hydrogen) atoms. The standard InChI is InChI=1S/C28H34N6O2/c1-28(2,3)34-26(30-31-32-34)25(23-18-21-17-22(36-4)10-11-24(21)29-27(23)35)33-14-12-20(13-15-33)16-19-8-6-5-7-9-19/h5-11,17-18,20,25H,12-16H2,1-4H3,(H,29,35)/t25-/m0/s1. The minimum Gasteiger partial charge on any atom is -0.497 e. The fraction of sp³-hybridized carbons (Fsp3) is 0.429. The van der Waals surface area contributed by atoms with Crippen LogP contribution in [0, 0.1) is 5.92 Å². The van der Waals surface area contributed by atoms with Crippen LogP contribution in [0.2, 0.25) is 0 Å². The summed E-state index contributed by atoms with van der Waals surface area (Å²) in [5.74, 6) is 2.05. The highest BCUT2D eigenvalue weighted by molar-refractivity contribution is 5.80. The van der Waals surface area contributed by atoms with Gasteiger partial charge in [-0.1, -0.05) is 30.3 Å². The Morgan fingerprint density at radius 3 is 2.53 bits per heavy atom. The largest absolute Gasteiger partial charge is 0.497 e. The average molecular weight is 487 g/mol. The number of hydrogen-bond acceptors (Lipinski definition) is 6. The van der Waals surface area contributed by atoms with Crippen LogP contribution in [0.5, 0.6) is 5.75 Å². The summed E-state index contributed by atoms with van der Waals surface area (Å²) in [7, 11) is 1.65. The van der Waals surface area contributed by atoms with Crippen molar-refractivity contribution in [1.29, 1.82) is 0 Å². The maximum absolute atomic E-state index is 13.4. The number of fused-ring (bicyclic) bond motifs is 1. The lowest BCUT2D eigenvalue weighted by molar-refractivity contribution is 0.138. The molecule has 0 bridgehead atoms. The van der Waals surface area contributed by atoms with Gasteiger partial charge in [-0.05, 0) is 99.3 Å². The Kier molecular flexibility index (Phi) is 6.62. The zero-order valence-corrected chi connectivity index (χ0v) is 21.4. The molecular weight excluding hydrogens is 452 g/mol. The van der Waals surface area contributed by atoms with Gasteiger partial charge in [0, 0.05) is 16.5 Å². The Morgan fingerprint density at radius 2 is 1.83 bits per heavy atom. The lowest BCUT2D eigenvalue weighted by Gasteiger charge is -2.37. The van der Waals surface area contributed by atoms with Crippen molar-refractivity contribution < 1.29 is 4.74 Å². The molecule has 8 nitrogen and oxygen atoms in total. The lowest BCUT2D eigenvalue weighted by Crippen LogP contribution is -2.42. The van der Waals surface area contributed by atoms with Crippen LogP contribution in [-0.2, 0) is 12.0 Å². The molecule has 1 fully saturated rings. The Morgan fingerprint density at radius 1 is 1.08 bits per heavy atom. The topological polar surface area (TPSA) is 88.9 Å². The average Bonchev–Trinajstić information content (AvgIpc) is 3.36. The third-order valence-corrected chi connectivity index (χ3v) is 7.13. The zero-order chi connectivity index (χ0) is 25.3. The van der Waals surface area contributed by atoms with Gasteiger partial charge < -0.3 is 9.72 Å². The van der Waals surface area contributed by atoms with E-state index in [0.29, 0.717) is 17.3 Å². The first-order chi connectivity index (χ1) is 17.3. The van der Waals surface area contributed by atoms with Gasteiger partial charge in [-0.15, -0.1) is 5.10 Å². The molecule has 1 N–H and O–H groups in total. The van der Waals surface area contributed by atoms with Crippen molar-refractivity contribution in [3.8, 4) is 5.75 Å². The third kappa shape index (κ3) is 4.91. The van der Waals surface area contributed by atoms with E-state index in [0.717, 1.165) is 49.0 Å². The Bertz CT molecular complexity index is 1380. The van der Waals surface area contributed by atoms with Crippen LogP contribution in [0.3, 0.4) is 0 Å². The van der Waals surface area contributed by atoms with Crippen molar-refractivity contribution in [3.05, 3.63) is 81.9 Å². The molecule has 1 atom stereocenters. The van der Waals surface area contributed by atoms with Gasteiger partial charge in [0.05, 0.1) is 12.6 Å². The van der Waals surface area contributed by atoms with E-state index in [1.54, 1.807) is 7.11 Å². The molecule has 1 saturated heterocycles. The zero-order valence-electron chi connectivity index (χ0n) is 21.4. The summed E-state index contributed by atoms with van der Waals surface area (Å²) >= 11 is 0. The monoisotopic (exact) mass is 486 g/mol. The Hall–Kier alpha value is -3.52. The highest BCUT2D eigenvalue weighted by Crippen LogP contribution is 2.33. The molecule has 0 radical (unpaired) electrons. The van der Waals surface area contributed by atoms with Crippen molar-refractivity contribution >= 4 is 10.9 Å². The second-order valence-electron chi connectivity index (χ2n) is 10.7. The maximum Gasteiger partial charge on any atom is 0.253 e. The first kappa shape index (κ1) is 24.2. The molecule has 2 aromatic carbocycles. The van der Waals surface area contributed by atoms with Crippen LogP contribution < -0.4 is 10.3 Å². The van der Waals surface area contributed by atoms with Crippen molar-refractivity contribution in [2.75, 3.05) is 20.2 Å². The van der Waals surface area contributed by atoms with Crippen molar-refractivity contribution in [2.45, 2.75) is 51.6 Å². The Labute approximate surface area is 211 Å². The number of rotatable bonds is 6. The van der Waals surface area contributed by atoms with E-state index in [4.69, 9.17) is 4.74 Å². The fourth-order valence-corrected chi connectivity index (χ4v) is 5.24. The number of pyridine rings is 1. The summed E-state index contributed by atoms with van der Waals surface area (Å²) in [5, 5.41) is 13.7. The molecule has 0 amide bonds. The number of methoxy groups -OCH3 is 1. The summed E-state index contributed by atoms with van der Waals surface area (Å²) in [6.45, 7) is 7.96. The molecular formula is C28H34N6O2. The molecule has 0 spiro atoms. The number of nitrogens with zero attached hydrogens (tertiary/aromatic N) is 5. The summed E-state index contributed by atoms with van der Waals surface area (Å²) in [5.41, 5.74) is 2.37. The van der Waals surface area contributed by atoms with Gasteiger partial charge in [0.15, 0.2) is 5.82 Å². The van der Waals surface area contributed by atoms with Gasteiger partial charge >= 0.3 is 0 Å². The SMILES string of the molecule is COc1ccc2[nH]c(=O)c([C@@H](c3nnnn3C(C)(C)C)N3CCC(Cc4ccccc4)CC3)cc2c1. The third-order valence-electron chi connectivity index (χ3n) is 7.13. The van der Waals surface area contributed by atoms with Crippen LogP contribution >= 0.6 is 0 Å². The predicted octanol–water partition coefficient (Wildman–Crippen LogP) is 4.32. The van der Waals surface area contributed by atoms with Crippen molar-refractivity contribution in [2.24, 2.45) is 5.92 Å². The summed E-state index contributed by atoms with van der Waals surface area (Å²) < 4.78 is 7.28. The summed E-state index contributed by atoms with van der Waals surface area (Å²) in [4.78, 5) is 18.9. The van der Waals surface area contributed by atoms with E-state index in [1.165, 1.54) is 5.56 Å². The number of ether oxygens (including phenoxy) is 1. The van der Waals surface area contributed by atoms with Gasteiger partial charge in [0.1, 0.15) is 11.8 Å². The van der Waals surface area contributed by atoms with Crippen LogP contribution in [0.25, 0.3) is 10.9 Å². The van der Waals surface area contributed by atoms with E-state index >= 15 is 0 Å². The van der Waals surface area contributed by atoms with Crippen LogP contribution in [0.4, 0.5) is 0 Å². The van der Waals surface area contributed by atoms with Gasteiger partial charge in [0.2, 0.25) is 0 Å². The highest BCUT2D eigenvalue weighted by atomic mass is 16.5. The van der Waals surface area contributed by atoms with Crippen LogP contribution in [-0.4, -0.2) is 50.3 Å². The molecule has 0 unspecified atom stereocenters. The number of piperidine rings is 1. The molecule has 8 heteroatoms. The molecule has 1 aliphatic heterocycles. The van der Waals surface area contributed by atoms with Gasteiger partial charge in [-0.25, -0.2) is 4.68 Å². The molecule has 0 aliphatic carbocycles. The summed E-state index contributed by atoms with van der Waals surface area (Å²) in [6, 6.07) is 18.0. The second-order valence-corrected chi connectivity index (χ2v) is 10.7. The number of aromatic amines is 1. The van der Waals surface area contributed by atoms with Gasteiger partial charge in [-0.2, -0.15) is 0 Å². The lowest BCUT2D eigenvalue weighted by atomic mass is 9.88. The van der Waals surface area contributed by atoms with Crippen LogP contribution in [0.1, 0.15) is 56.6 Å². The van der Waals surface area contributed by atoms with Gasteiger partial charge in [-0.3, -0.25) is 9.69 Å². The molecule has 0 saturated carbocycles. The quantitative estimate of drug-likeness (QED) is 0.437. The number of tetrazole rings is 1. The first-order valence-electron chi connectivity index (χ1n) is 12.6. The van der Waals surface area contributed by atoms with Crippen molar-refractivity contribution in [1.82, 2.24) is 30.1 Å². The number of aromatic nitrogens is 5. The first-order valence-corrected chi connectivity index (χ1v) is 12.6. The highest BCUT2D eigenvalue weighted by Gasteiger charge is 2.35. The van der Waals surface area contributed by atoms with Crippen LogP contribution in [0.15, 0.2) is 59.4 Å². The van der Waals surface area contributed by atoms with E-state index in [9.17, 15) is 4.79 Å². The van der Waals surface area contributed by atoms with Gasteiger partial charge in [0.25, 0.3) is 5.56 Å². The minimum absolute atomic E-state index is 0.118. The predicted molar refractivity (Wildman–Crippen MR) is 140 cm³/mol. The number of nitrogens with one attached hydrogen (secondary N) is 1. The number of likely N-dealkylation sites (tertiary alicyclic amines) is 1. The molecule has 4 aromatic rings. The number of benzene rings is 2. The fourth-order valence-electron chi connectivity index (χ4n) is 5.24. The normalized spacial score (nSPS) is 16.3. The van der Waals surface area contributed by atoms with E-state index in [2.05, 4.69) is 76.5 Å². The number of hydrogen-bond donors (Lipinski definition) is 1. The maximum atomic E-state index is 13.4. The summed E-state index contributed by atoms with van der Waals surface area (Å²) in [6.07, 6.45) is 3.19.